The molecule has 2 N–H and O–H groups in total. The predicted octanol–water partition coefficient (Wildman–Crippen LogP) is 3.59. The predicted molar refractivity (Wildman–Crippen MR) is 133 cm³/mol. The topological polar surface area (TPSA) is 103 Å². The highest BCUT2D eigenvalue weighted by molar-refractivity contribution is 5.77. The van der Waals surface area contributed by atoms with Crippen molar-refractivity contribution >= 4 is 22.7 Å². The summed E-state index contributed by atoms with van der Waals surface area (Å²) in [7, 11) is 0. The van der Waals surface area contributed by atoms with E-state index in [4.69, 9.17) is 4.98 Å². The van der Waals surface area contributed by atoms with Gasteiger partial charge in [-0.05, 0) is 50.1 Å². The molecule has 0 atom stereocenters. The minimum absolute atomic E-state index is 0.171. The quantitative estimate of drug-likeness (QED) is 0.438. The van der Waals surface area contributed by atoms with Crippen molar-refractivity contribution in [1.82, 2.24) is 34.6 Å². The first-order chi connectivity index (χ1) is 16.8. The molecule has 182 valence electrons. The van der Waals surface area contributed by atoms with Gasteiger partial charge in [-0.3, -0.25) is 9.18 Å². The Morgan fingerprint density at radius 1 is 1.17 bits per heavy atom. The van der Waals surface area contributed by atoms with Crippen molar-refractivity contribution in [3.05, 3.63) is 64.0 Å². The highest BCUT2D eigenvalue weighted by Crippen LogP contribution is 2.25. The lowest BCUT2D eigenvalue weighted by molar-refractivity contribution is 0.336. The van der Waals surface area contributed by atoms with E-state index in [2.05, 4.69) is 37.7 Å². The molecular formula is C25H29FN8O. The Kier molecular flexibility index (Phi) is 5.84. The number of hydrogen-bond donors (Lipinski definition) is 2. The van der Waals surface area contributed by atoms with Crippen molar-refractivity contribution in [1.29, 1.82) is 0 Å². The molecule has 4 aromatic rings. The molecule has 3 aromatic heterocycles. The van der Waals surface area contributed by atoms with Crippen LogP contribution >= 0.6 is 0 Å². The molecule has 1 aliphatic rings. The average molecular weight is 477 g/mol. The lowest BCUT2D eigenvalue weighted by atomic mass is 9.94. The first-order valence-electron chi connectivity index (χ1n) is 11.8. The van der Waals surface area contributed by atoms with Crippen molar-refractivity contribution in [3.63, 3.8) is 0 Å². The fourth-order valence-corrected chi connectivity index (χ4v) is 4.28. The molecule has 0 saturated carbocycles. The molecular weight excluding hydrogens is 447 g/mol. The number of alkyl halides is 1. The molecule has 0 amide bonds. The summed E-state index contributed by atoms with van der Waals surface area (Å²) < 4.78 is 16.9. The molecule has 9 nitrogen and oxygen atoms in total. The number of nitrogens with zero attached hydrogens (tertiary/aromatic N) is 6. The number of benzene rings is 1. The summed E-state index contributed by atoms with van der Waals surface area (Å²) in [5.41, 5.74) is 2.82. The number of rotatable bonds is 6. The minimum Gasteiger partial charge on any atom is -0.324 e. The molecule has 0 bridgehead atoms. The summed E-state index contributed by atoms with van der Waals surface area (Å²) in [6.45, 7) is 8.54. The van der Waals surface area contributed by atoms with Crippen molar-refractivity contribution in [2.75, 3.05) is 18.5 Å². The molecule has 0 spiro atoms. The summed E-state index contributed by atoms with van der Waals surface area (Å²) in [5, 5.41) is 7.03. The van der Waals surface area contributed by atoms with Gasteiger partial charge in [0, 0.05) is 36.7 Å². The summed E-state index contributed by atoms with van der Waals surface area (Å²) >= 11 is 0. The van der Waals surface area contributed by atoms with Crippen LogP contribution in [0.25, 0.3) is 16.9 Å². The lowest BCUT2D eigenvalue weighted by Crippen LogP contribution is -2.27. The van der Waals surface area contributed by atoms with Gasteiger partial charge in [0.05, 0.1) is 5.41 Å². The van der Waals surface area contributed by atoms with Crippen LogP contribution in [0.5, 0.6) is 0 Å². The van der Waals surface area contributed by atoms with Gasteiger partial charge >= 0.3 is 0 Å². The fourth-order valence-electron chi connectivity index (χ4n) is 4.28. The van der Waals surface area contributed by atoms with E-state index in [0.717, 1.165) is 25.2 Å². The standard InChI is InChI=1S/C25H29FN8O/c1-15(2)33-22(35)19-13-29-24(30-18-6-5-17-12-27-9-7-16(17)11-18)32-21(19)34(33)20-8-10-28-23(31-20)25(3,4)14-26/h5-6,8,10-11,13,15,27H,7,9,12,14H2,1-4H3,(H,29,30,32). The maximum Gasteiger partial charge on any atom is 0.278 e. The van der Waals surface area contributed by atoms with Crippen LogP contribution in [-0.2, 0) is 18.4 Å². The normalized spacial score (nSPS) is 13.9. The first kappa shape index (κ1) is 23.1. The monoisotopic (exact) mass is 476 g/mol. The van der Waals surface area contributed by atoms with Gasteiger partial charge in [0.25, 0.3) is 5.56 Å². The van der Waals surface area contributed by atoms with Gasteiger partial charge in [-0.15, -0.1) is 0 Å². The Balaban J connectivity index is 1.62. The summed E-state index contributed by atoms with van der Waals surface area (Å²) in [6.07, 6.45) is 4.09. The van der Waals surface area contributed by atoms with Gasteiger partial charge in [0.1, 0.15) is 17.9 Å². The maximum absolute atomic E-state index is 13.6. The van der Waals surface area contributed by atoms with Crippen LogP contribution in [0.3, 0.4) is 0 Å². The Labute approximate surface area is 202 Å². The van der Waals surface area contributed by atoms with Gasteiger partial charge in [-0.25, -0.2) is 24.3 Å². The molecule has 1 aliphatic heterocycles. The zero-order valence-corrected chi connectivity index (χ0v) is 20.3. The fraction of sp³-hybridized carbons (Fsp3) is 0.400. The SMILES string of the molecule is CC(C)n1c(=O)c2cnc(Nc3ccc4c(c3)CCNC4)nc2n1-c1ccnc(C(C)(C)CF)n1. The molecule has 5 rings (SSSR count). The van der Waals surface area contributed by atoms with Gasteiger partial charge < -0.3 is 10.6 Å². The van der Waals surface area contributed by atoms with Crippen LogP contribution in [0.1, 0.15) is 50.7 Å². The van der Waals surface area contributed by atoms with Crippen molar-refractivity contribution < 1.29 is 4.39 Å². The first-order valence-corrected chi connectivity index (χ1v) is 11.8. The highest BCUT2D eigenvalue weighted by atomic mass is 19.1. The minimum atomic E-state index is -0.856. The van der Waals surface area contributed by atoms with E-state index in [0.29, 0.717) is 28.6 Å². The molecule has 0 unspecified atom stereocenters. The van der Waals surface area contributed by atoms with Crippen LogP contribution in [0.2, 0.25) is 0 Å². The van der Waals surface area contributed by atoms with E-state index in [1.165, 1.54) is 17.3 Å². The Morgan fingerprint density at radius 3 is 2.77 bits per heavy atom. The van der Waals surface area contributed by atoms with Crippen molar-refractivity contribution in [3.8, 4) is 5.82 Å². The highest BCUT2D eigenvalue weighted by Gasteiger charge is 2.26. The van der Waals surface area contributed by atoms with Gasteiger partial charge in [0.2, 0.25) is 5.95 Å². The second-order valence-electron chi connectivity index (χ2n) is 9.78. The molecule has 35 heavy (non-hydrogen) atoms. The van der Waals surface area contributed by atoms with Crippen LogP contribution in [0.15, 0.2) is 41.5 Å². The zero-order valence-electron chi connectivity index (χ0n) is 20.3. The van der Waals surface area contributed by atoms with E-state index >= 15 is 0 Å². The smallest absolute Gasteiger partial charge is 0.278 e. The number of halogens is 1. The van der Waals surface area contributed by atoms with Crippen LogP contribution < -0.4 is 16.2 Å². The molecule has 1 aromatic carbocycles. The number of fused-ring (bicyclic) bond motifs is 2. The molecule has 0 saturated heterocycles. The largest absolute Gasteiger partial charge is 0.324 e. The zero-order chi connectivity index (χ0) is 24.7. The van der Waals surface area contributed by atoms with E-state index in [1.807, 2.05) is 19.9 Å². The molecule has 0 fully saturated rings. The number of anilines is 2. The summed E-state index contributed by atoms with van der Waals surface area (Å²) in [4.78, 5) is 31.3. The molecule has 0 aliphatic carbocycles. The van der Waals surface area contributed by atoms with Crippen LogP contribution in [-0.4, -0.2) is 42.5 Å². The molecule has 0 radical (unpaired) electrons. The van der Waals surface area contributed by atoms with E-state index in [9.17, 15) is 9.18 Å². The van der Waals surface area contributed by atoms with Gasteiger partial charge in [-0.1, -0.05) is 19.9 Å². The Morgan fingerprint density at radius 2 is 2.00 bits per heavy atom. The third-order valence-corrected chi connectivity index (χ3v) is 6.26. The summed E-state index contributed by atoms with van der Waals surface area (Å²) in [6, 6.07) is 7.74. The molecule has 4 heterocycles. The Hall–Kier alpha value is -3.66. The van der Waals surface area contributed by atoms with Crippen LogP contribution in [0, 0.1) is 0 Å². The van der Waals surface area contributed by atoms with Crippen molar-refractivity contribution in [2.45, 2.75) is 52.1 Å². The third kappa shape index (κ3) is 4.18. The van der Waals surface area contributed by atoms with E-state index < -0.39 is 12.1 Å². The summed E-state index contributed by atoms with van der Waals surface area (Å²) in [5.74, 6) is 1.18. The Bertz CT molecular complexity index is 1460. The van der Waals surface area contributed by atoms with Crippen molar-refractivity contribution in [2.24, 2.45) is 0 Å². The van der Waals surface area contributed by atoms with E-state index in [-0.39, 0.29) is 11.6 Å². The maximum atomic E-state index is 13.6. The number of nitrogens with one attached hydrogen (secondary N) is 2. The van der Waals surface area contributed by atoms with Gasteiger partial charge in [0.15, 0.2) is 11.5 Å². The molecule has 10 heteroatoms. The third-order valence-electron chi connectivity index (χ3n) is 6.26. The number of aromatic nitrogens is 6. The van der Waals surface area contributed by atoms with E-state index in [1.54, 1.807) is 35.5 Å². The second-order valence-corrected chi connectivity index (χ2v) is 9.78. The van der Waals surface area contributed by atoms with Crippen LogP contribution in [0.4, 0.5) is 16.0 Å². The number of hydrogen-bond acceptors (Lipinski definition) is 7. The lowest BCUT2D eigenvalue weighted by Gasteiger charge is -2.20. The second kappa shape index (κ2) is 8.84. The average Bonchev–Trinajstić information content (AvgIpc) is 3.16. The van der Waals surface area contributed by atoms with Gasteiger partial charge in [-0.2, -0.15) is 4.98 Å².